The molecule has 0 unspecified atom stereocenters. The Morgan fingerprint density at radius 1 is 1.22 bits per heavy atom. The molecule has 0 aliphatic carbocycles. The van der Waals surface area contributed by atoms with E-state index in [4.69, 9.17) is 3.07 Å². The van der Waals surface area contributed by atoms with Gasteiger partial charge in [-0.05, 0) is 0 Å². The van der Waals surface area contributed by atoms with Crippen LogP contribution >= 0.6 is 11.8 Å². The van der Waals surface area contributed by atoms with Crippen molar-refractivity contribution in [3.05, 3.63) is 58.2 Å². The van der Waals surface area contributed by atoms with Crippen molar-refractivity contribution in [2.45, 2.75) is 32.9 Å². The van der Waals surface area contributed by atoms with E-state index in [1.165, 1.54) is 28.6 Å². The van der Waals surface area contributed by atoms with Gasteiger partial charge in [-0.25, -0.2) is 0 Å². The predicted octanol–water partition coefficient (Wildman–Crippen LogP) is -3.80. The van der Waals surface area contributed by atoms with Crippen molar-refractivity contribution in [1.82, 2.24) is 14.9 Å². The molecule has 1 aliphatic rings. The number of thioether (sulfide) groups is 1. The van der Waals surface area contributed by atoms with Crippen LogP contribution in [0.2, 0.25) is 0 Å². The molecule has 1 saturated heterocycles. The summed E-state index contributed by atoms with van der Waals surface area (Å²) in [6.07, 6.45) is -1.92. The number of hydrogen-bond donors (Lipinski definition) is 4. The van der Waals surface area contributed by atoms with Crippen molar-refractivity contribution in [1.29, 1.82) is 0 Å². The molecule has 1 aliphatic heterocycles. The molecule has 2 aromatic carbocycles. The zero-order chi connectivity index (χ0) is 27.0. The van der Waals surface area contributed by atoms with Crippen LogP contribution in [0.1, 0.15) is 13.8 Å². The van der Waals surface area contributed by atoms with E-state index >= 15 is 0 Å². The number of halogens is 2. The average Bonchev–Trinajstić information content (AvgIpc) is 3.27. The van der Waals surface area contributed by atoms with Gasteiger partial charge in [-0.3, -0.25) is 0 Å². The second kappa shape index (κ2) is 14.2. The maximum atomic E-state index is 13.4. The molecule has 0 aromatic heterocycles. The first kappa shape index (κ1) is 30.2. The summed E-state index contributed by atoms with van der Waals surface area (Å²) in [5.41, 5.74) is 0. The van der Waals surface area contributed by atoms with Crippen LogP contribution in [0, 0.1) is 9.49 Å². The first-order valence-corrected chi connectivity index (χ1v) is 18.1. The summed E-state index contributed by atoms with van der Waals surface area (Å²) in [7, 11) is -4.03. The molecule has 0 spiro atoms. The molecule has 3 atom stereocenters. The third kappa shape index (κ3) is 9.42. The van der Waals surface area contributed by atoms with Crippen LogP contribution in [-0.2, 0) is 13.1 Å². The van der Waals surface area contributed by atoms with Crippen molar-refractivity contribution in [3.8, 4) is 5.75 Å². The molecular formula is C23H29I2N3O7S2-2. The number of alkyl halides is 2. The number of phenols is 1. The summed E-state index contributed by atoms with van der Waals surface area (Å²) in [5, 5.41) is 26.4. The standard InChI is InChI=1S/C23H29I2N3O7S2/c1-15(2)12-28(37(33,34)18-10-6-9-17(29)11-18)13-19(30)21(24-16-7-4-3-5-8-16)27-22(31)35-25-20-14-36-23(32)26-20/h3-11,15,19-21,29-30H,12-14H2,1-2H3,(H,26,32)(H,27,31)/q-2/t19-,20-,21-/m1/s1. The molecule has 0 saturated carbocycles. The van der Waals surface area contributed by atoms with E-state index in [-0.39, 0.29) is 38.9 Å². The van der Waals surface area contributed by atoms with E-state index in [1.807, 2.05) is 44.2 Å². The summed E-state index contributed by atoms with van der Waals surface area (Å²) < 4.78 is 33.4. The molecule has 0 bridgehead atoms. The Morgan fingerprint density at radius 3 is 2.57 bits per heavy atom. The third-order valence-corrected chi connectivity index (χ3v) is 13.4. The number of nitrogens with one attached hydrogen (secondary N) is 2. The summed E-state index contributed by atoms with van der Waals surface area (Å²) in [6, 6.07) is 14.8. The minimum atomic E-state index is -4.03. The van der Waals surface area contributed by atoms with Crippen molar-refractivity contribution in [3.63, 3.8) is 0 Å². The molecular weight excluding hydrogens is 748 g/mol. The SMILES string of the molecule is CC(C)CN(C[C@@H](O)[C@@H](NC(=O)O[I-][C@H]1CSC(=O)N1)[I-]c1ccccc1)S(=O)(=O)c1cccc(O)c1. The normalized spacial score (nSPS) is 17.6. The molecule has 2 amide bonds. The molecule has 4 N–H and O–H groups in total. The van der Waals surface area contributed by atoms with Gasteiger partial charge in [0, 0.05) is 0 Å². The number of amides is 2. The predicted molar refractivity (Wildman–Crippen MR) is 131 cm³/mol. The Kier molecular flexibility index (Phi) is 11.6. The summed E-state index contributed by atoms with van der Waals surface area (Å²) in [4.78, 5) is 23.9. The van der Waals surface area contributed by atoms with Crippen LogP contribution in [-0.4, -0.2) is 67.3 Å². The fraction of sp³-hybridized carbons (Fsp3) is 0.391. The van der Waals surface area contributed by atoms with Gasteiger partial charge in [-0.2, -0.15) is 0 Å². The van der Waals surface area contributed by atoms with E-state index in [0.29, 0.717) is 5.75 Å². The average molecular weight is 777 g/mol. The monoisotopic (exact) mass is 777 g/mol. The number of sulfonamides is 1. The van der Waals surface area contributed by atoms with Crippen LogP contribution in [0.3, 0.4) is 0 Å². The zero-order valence-electron chi connectivity index (χ0n) is 20.1. The van der Waals surface area contributed by atoms with Crippen molar-refractivity contribution < 1.29 is 74.1 Å². The molecule has 2 aromatic rings. The number of aliphatic hydroxyl groups is 1. The maximum absolute atomic E-state index is 13.4. The van der Waals surface area contributed by atoms with Gasteiger partial charge in [0.25, 0.3) is 0 Å². The third-order valence-electron chi connectivity index (χ3n) is 4.84. The topological polar surface area (TPSA) is 145 Å². The van der Waals surface area contributed by atoms with Gasteiger partial charge in [-0.15, -0.1) is 0 Å². The Morgan fingerprint density at radius 2 is 1.95 bits per heavy atom. The second-order valence-electron chi connectivity index (χ2n) is 8.40. The van der Waals surface area contributed by atoms with Crippen LogP contribution in [0.15, 0.2) is 59.5 Å². The molecule has 0 radical (unpaired) electrons. The van der Waals surface area contributed by atoms with E-state index in [9.17, 15) is 28.2 Å². The molecule has 1 heterocycles. The van der Waals surface area contributed by atoms with Crippen molar-refractivity contribution >= 4 is 33.1 Å². The number of aliphatic hydroxyl groups excluding tert-OH is 1. The summed E-state index contributed by atoms with van der Waals surface area (Å²) in [6.45, 7) is 3.62. The van der Waals surface area contributed by atoms with Gasteiger partial charge in [0.15, 0.2) is 0 Å². The molecule has 3 rings (SSSR count). The minimum absolute atomic E-state index is 0.0382. The molecule has 14 heteroatoms. The van der Waals surface area contributed by atoms with Gasteiger partial charge in [0.2, 0.25) is 0 Å². The fourth-order valence-electron chi connectivity index (χ4n) is 3.23. The number of carbonyl (C=O) groups is 2. The van der Waals surface area contributed by atoms with Crippen molar-refractivity contribution in [2.75, 3.05) is 18.8 Å². The van der Waals surface area contributed by atoms with Gasteiger partial charge in [-0.1, -0.05) is 0 Å². The molecule has 1 fully saturated rings. The van der Waals surface area contributed by atoms with E-state index in [1.54, 1.807) is 0 Å². The molecule has 10 nitrogen and oxygen atoms in total. The zero-order valence-corrected chi connectivity index (χ0v) is 26.0. The first-order valence-electron chi connectivity index (χ1n) is 11.2. The number of hydrogen-bond acceptors (Lipinski definition) is 8. The molecule has 37 heavy (non-hydrogen) atoms. The number of rotatable bonds is 12. The van der Waals surface area contributed by atoms with Crippen LogP contribution < -0.4 is 53.5 Å². The van der Waals surface area contributed by atoms with Gasteiger partial charge < -0.3 is 0 Å². The number of phenolic OH excluding ortho intramolecular Hbond substituents is 1. The van der Waals surface area contributed by atoms with E-state index in [2.05, 4.69) is 10.6 Å². The van der Waals surface area contributed by atoms with Crippen LogP contribution in [0.5, 0.6) is 5.75 Å². The van der Waals surface area contributed by atoms with E-state index in [0.717, 1.165) is 15.3 Å². The summed E-state index contributed by atoms with van der Waals surface area (Å²) >= 11 is -0.939. The quantitative estimate of drug-likeness (QED) is 0.0977. The van der Waals surface area contributed by atoms with E-state index < -0.39 is 69.1 Å². The Hall–Kier alpha value is -1.34. The fourth-order valence-corrected chi connectivity index (χ4v) is 10.5. The van der Waals surface area contributed by atoms with Gasteiger partial charge >= 0.3 is 244 Å². The van der Waals surface area contributed by atoms with Gasteiger partial charge in [0.05, 0.1) is 0 Å². The van der Waals surface area contributed by atoms with Crippen LogP contribution in [0.25, 0.3) is 0 Å². The number of nitrogens with zero attached hydrogens (tertiary/aromatic N) is 1. The Bertz CT molecular complexity index is 1170. The van der Waals surface area contributed by atoms with Crippen LogP contribution in [0.4, 0.5) is 9.59 Å². The Labute approximate surface area is 242 Å². The summed E-state index contributed by atoms with van der Waals surface area (Å²) in [5.74, 6) is 0.326. The van der Waals surface area contributed by atoms with Crippen molar-refractivity contribution in [2.24, 2.45) is 5.92 Å². The number of aromatic hydroxyl groups is 1. The Balaban J connectivity index is 1.76. The second-order valence-corrected chi connectivity index (χ2v) is 17.0. The number of benzene rings is 2. The number of carbonyl (C=O) groups excluding carboxylic acids is 2. The van der Waals surface area contributed by atoms with Gasteiger partial charge in [0.1, 0.15) is 0 Å². The first-order chi connectivity index (χ1) is 17.5. The molecule has 206 valence electrons.